The minimum absolute atomic E-state index is 0.0258. The summed E-state index contributed by atoms with van der Waals surface area (Å²) in [4.78, 5) is 42.7. The third-order valence-electron chi connectivity index (χ3n) is 6.90. The lowest BCUT2D eigenvalue weighted by Gasteiger charge is -2.44. The van der Waals surface area contributed by atoms with Gasteiger partial charge in [0.2, 0.25) is 11.8 Å². The summed E-state index contributed by atoms with van der Waals surface area (Å²) in [7, 11) is 0. The van der Waals surface area contributed by atoms with Crippen molar-refractivity contribution < 1.29 is 105 Å². The molecule has 0 aromatic heterocycles. The first-order valence-corrected chi connectivity index (χ1v) is 14.1. The molecule has 2 fully saturated rings. The summed E-state index contributed by atoms with van der Waals surface area (Å²) in [5, 5.41) is 142. The lowest BCUT2D eigenvalue weighted by Crippen LogP contribution is -2.67. The largest absolute Gasteiger partial charge is 0.477 e. The highest BCUT2D eigenvalue weighted by Gasteiger charge is 2.54. The second-order valence-electron chi connectivity index (χ2n) is 10.7. The Morgan fingerprint density at radius 3 is 1.75 bits per heavy atom. The lowest BCUT2D eigenvalue weighted by molar-refractivity contribution is -0.295. The normalized spacial score (nSPS) is 33.8. The van der Waals surface area contributed by atoms with Gasteiger partial charge in [0.25, 0.3) is 5.79 Å². The number of hydrogen-bond donors (Lipinski definition) is 17. The summed E-state index contributed by atoms with van der Waals surface area (Å²) in [6.07, 6.45) is -19.6. The molecular weight excluding hydrogens is 664 g/mol. The van der Waals surface area contributed by atoms with Crippen LogP contribution in [0.5, 0.6) is 0 Å². The molecule has 15 atom stereocenters. The first-order valence-electron chi connectivity index (χ1n) is 14.1. The predicted octanol–water partition coefficient (Wildman–Crippen LogP) is -10.3. The number of carboxylic acids is 1. The van der Waals surface area contributed by atoms with Gasteiger partial charge in [-0.2, -0.15) is 0 Å². The zero-order valence-electron chi connectivity index (χ0n) is 25.6. The molecule has 48 heavy (non-hydrogen) atoms. The standard InChI is InChI=1S/C11H19NO9.C8H15NO6.C6H12O6/c1-4(14)12-7-5(15)2-11(20,10(18)19)21-9(7)8(17)6(16)3-13;1-3(11)9-5-7(13)6(12)4(2-10)15-8(5)14;7-1-3(9)5(11)6(12)4(10)2-8/h5-9,13,15-17,20H,2-3H2,1H3,(H,12,14)(H,18,19);4-8,10,12-14H,2H2,1H3,(H,9,11);1,3-6,8-12H,2H2/t5-,6?,7+,8?,9+,11?;4-,5-,6+,7-,8?;/m01./s1. The average Bonchev–Trinajstić information content (AvgIpc) is 3.03. The van der Waals surface area contributed by atoms with E-state index in [1.54, 1.807) is 0 Å². The van der Waals surface area contributed by atoms with Crippen molar-refractivity contribution in [2.75, 3.05) is 19.8 Å². The highest BCUT2D eigenvalue weighted by molar-refractivity contribution is 5.76. The van der Waals surface area contributed by atoms with E-state index in [0.29, 0.717) is 0 Å². The molecule has 282 valence electrons. The predicted molar refractivity (Wildman–Crippen MR) is 150 cm³/mol. The fourth-order valence-electron chi connectivity index (χ4n) is 4.24. The maximum Gasteiger partial charge on any atom is 0.364 e. The van der Waals surface area contributed by atoms with Crippen molar-refractivity contribution in [3.8, 4) is 0 Å². The smallest absolute Gasteiger partial charge is 0.364 e. The number of carbonyl (C=O) groups excluding carboxylic acids is 3. The first-order chi connectivity index (χ1) is 22.1. The molecule has 2 heterocycles. The number of aliphatic hydroxyl groups excluding tert-OH is 13. The Bertz CT molecular complexity index is 1010. The Morgan fingerprint density at radius 1 is 0.833 bits per heavy atom. The zero-order chi connectivity index (χ0) is 37.7. The van der Waals surface area contributed by atoms with Crippen LogP contribution in [0, 0.1) is 0 Å². The van der Waals surface area contributed by atoms with Crippen molar-refractivity contribution in [2.24, 2.45) is 0 Å². The number of rotatable bonds is 12. The zero-order valence-corrected chi connectivity index (χ0v) is 25.6. The third-order valence-corrected chi connectivity index (χ3v) is 6.90. The van der Waals surface area contributed by atoms with E-state index >= 15 is 0 Å². The second-order valence-corrected chi connectivity index (χ2v) is 10.7. The topological polar surface area (TPSA) is 414 Å². The molecule has 0 aliphatic carbocycles. The Morgan fingerprint density at radius 2 is 1.33 bits per heavy atom. The monoisotopic (exact) mass is 710 g/mol. The fraction of sp³-hybridized carbons (Fsp3) is 0.840. The number of aldehydes is 1. The molecule has 0 radical (unpaired) electrons. The van der Waals surface area contributed by atoms with Crippen LogP contribution in [-0.2, 0) is 28.7 Å². The Hall–Kier alpha value is -2.56. The van der Waals surface area contributed by atoms with Crippen LogP contribution in [0.25, 0.3) is 0 Å². The Kier molecular flexibility index (Phi) is 19.7. The molecule has 2 saturated heterocycles. The number of amides is 2. The van der Waals surface area contributed by atoms with Gasteiger partial charge < -0.3 is 101 Å². The minimum Gasteiger partial charge on any atom is -0.477 e. The van der Waals surface area contributed by atoms with Crippen molar-refractivity contribution in [3.63, 3.8) is 0 Å². The van der Waals surface area contributed by atoms with E-state index in [9.17, 15) is 54.9 Å². The van der Waals surface area contributed by atoms with Gasteiger partial charge in [0.15, 0.2) is 12.6 Å². The third kappa shape index (κ3) is 13.0. The van der Waals surface area contributed by atoms with Crippen molar-refractivity contribution in [2.45, 2.75) is 112 Å². The van der Waals surface area contributed by atoms with Crippen molar-refractivity contribution in [1.29, 1.82) is 0 Å². The van der Waals surface area contributed by atoms with Crippen LogP contribution in [0.3, 0.4) is 0 Å². The molecular formula is C25H46N2O21. The van der Waals surface area contributed by atoms with E-state index in [2.05, 4.69) is 10.6 Å². The first kappa shape index (κ1) is 45.4. The summed E-state index contributed by atoms with van der Waals surface area (Å²) >= 11 is 0. The average molecular weight is 711 g/mol. The van der Waals surface area contributed by atoms with Gasteiger partial charge in [0, 0.05) is 20.3 Å². The van der Waals surface area contributed by atoms with Crippen LogP contribution in [0.2, 0.25) is 0 Å². The summed E-state index contributed by atoms with van der Waals surface area (Å²) in [6.45, 7) is 0.182. The molecule has 8 unspecified atom stereocenters. The molecule has 2 aliphatic rings. The maximum absolute atomic E-state index is 11.1. The van der Waals surface area contributed by atoms with Gasteiger partial charge in [-0.15, -0.1) is 0 Å². The molecule has 0 saturated carbocycles. The molecule has 0 aromatic rings. The molecule has 2 amide bonds. The van der Waals surface area contributed by atoms with E-state index in [1.165, 1.54) is 6.92 Å². The van der Waals surface area contributed by atoms with Gasteiger partial charge in [-0.3, -0.25) is 9.59 Å². The van der Waals surface area contributed by atoms with Gasteiger partial charge in [-0.05, 0) is 0 Å². The van der Waals surface area contributed by atoms with Crippen LogP contribution in [0.1, 0.15) is 20.3 Å². The van der Waals surface area contributed by atoms with Crippen molar-refractivity contribution >= 4 is 24.1 Å². The van der Waals surface area contributed by atoms with Crippen LogP contribution < -0.4 is 10.6 Å². The Labute approximate surface area is 271 Å². The minimum atomic E-state index is -2.78. The molecule has 2 aliphatic heterocycles. The van der Waals surface area contributed by atoms with Crippen molar-refractivity contribution in [3.05, 3.63) is 0 Å². The fourth-order valence-corrected chi connectivity index (χ4v) is 4.24. The van der Waals surface area contributed by atoms with Gasteiger partial charge in [0.05, 0.1) is 32.0 Å². The number of hydrogen-bond acceptors (Lipinski definition) is 20. The summed E-state index contributed by atoms with van der Waals surface area (Å²) < 4.78 is 9.68. The van der Waals surface area contributed by atoms with Crippen LogP contribution in [-0.4, -0.2) is 212 Å². The molecule has 0 aromatic carbocycles. The SMILES string of the molecule is CC(=O)N[C@@H]1[C@@H](O)CC(O)(C(=O)O)O[C@H]1C(O)C(O)CO.CC(=O)N[C@H]1C(O)O[C@H](CO)[C@H](O)[C@@H]1O.O=CC(O)C(O)C(O)C(O)CO. The molecule has 17 N–H and O–H groups in total. The number of nitrogens with one attached hydrogen (secondary N) is 2. The number of aliphatic carboxylic acids is 1. The van der Waals surface area contributed by atoms with E-state index in [0.717, 1.165) is 6.92 Å². The molecule has 2 rings (SSSR count). The van der Waals surface area contributed by atoms with Gasteiger partial charge in [0.1, 0.15) is 67.1 Å². The van der Waals surface area contributed by atoms with E-state index in [-0.39, 0.29) is 6.29 Å². The van der Waals surface area contributed by atoms with E-state index < -0.39 is 135 Å². The van der Waals surface area contributed by atoms with Crippen molar-refractivity contribution in [1.82, 2.24) is 10.6 Å². The summed E-state index contributed by atoms with van der Waals surface area (Å²) in [6, 6.07) is -2.36. The quantitative estimate of drug-likeness (QED) is 0.0836. The number of carboxylic acid groups (broad SMARTS) is 1. The second kappa shape index (κ2) is 20.8. The molecule has 23 heteroatoms. The van der Waals surface area contributed by atoms with Crippen LogP contribution >= 0.6 is 0 Å². The van der Waals surface area contributed by atoms with Gasteiger partial charge in [-0.1, -0.05) is 0 Å². The number of ether oxygens (including phenoxy) is 2. The molecule has 23 nitrogen and oxygen atoms in total. The van der Waals surface area contributed by atoms with Gasteiger partial charge in [-0.25, -0.2) is 4.79 Å². The summed E-state index contributed by atoms with van der Waals surface area (Å²) in [5.74, 6) is -5.64. The van der Waals surface area contributed by atoms with Crippen LogP contribution in [0.4, 0.5) is 0 Å². The summed E-state index contributed by atoms with van der Waals surface area (Å²) in [5.41, 5.74) is 0. The number of carbonyl (C=O) groups is 4. The van der Waals surface area contributed by atoms with Crippen LogP contribution in [0.15, 0.2) is 0 Å². The Balaban J connectivity index is 0.000000723. The van der Waals surface area contributed by atoms with E-state index in [4.69, 9.17) is 50.3 Å². The molecule has 0 bridgehead atoms. The number of aliphatic hydroxyl groups is 14. The molecule has 0 spiro atoms. The lowest BCUT2D eigenvalue weighted by atomic mass is 9.88. The highest BCUT2D eigenvalue weighted by atomic mass is 16.7. The highest BCUT2D eigenvalue weighted by Crippen LogP contribution is 2.30. The maximum atomic E-state index is 11.1. The van der Waals surface area contributed by atoms with E-state index in [1.807, 2.05) is 0 Å². The van der Waals surface area contributed by atoms with Gasteiger partial charge >= 0.3 is 5.97 Å².